The van der Waals surface area contributed by atoms with E-state index >= 15 is 0 Å². The minimum atomic E-state index is -0.351. The monoisotopic (exact) mass is 496 g/mol. The van der Waals surface area contributed by atoms with Crippen LogP contribution in [-0.4, -0.2) is 55.6 Å². The molecule has 3 rings (SSSR count). The molecule has 0 aromatic heterocycles. The number of unbranched alkanes of at least 4 members (excludes halogenated alkanes) is 1. The number of carbonyl (C=O) groups is 1. The molecule has 0 spiro atoms. The standard InChI is InChI=1S/C29H40N2O5/c1-4-36-25-14-15-27-23(19-25)20-26(30-16-6-8-18-33)29(34)31(27)24-12-10-22(11-13-24)28(35-3)21(2)9-5-7-17-32/h5,9-15,19,21,26,28,30,32-33H,4,6-8,16-18,20H2,1-3H3/b9-5+/t21-,26?,28+/m1/s1. The number of hydrogen-bond donors (Lipinski definition) is 3. The van der Waals surface area contributed by atoms with Gasteiger partial charge < -0.3 is 25.0 Å². The van der Waals surface area contributed by atoms with Crippen LogP contribution >= 0.6 is 0 Å². The maximum Gasteiger partial charge on any atom is 0.249 e. The van der Waals surface area contributed by atoms with Crippen molar-refractivity contribution in [2.45, 2.75) is 51.7 Å². The summed E-state index contributed by atoms with van der Waals surface area (Å²) in [6, 6.07) is 13.5. The SMILES string of the molecule is CCOc1ccc2c(c1)CC(NCCCCO)C(=O)N2c1ccc([C@@H](OC)[C@H](C)/C=C/CCO)cc1. The molecule has 0 saturated heterocycles. The first-order valence-corrected chi connectivity index (χ1v) is 12.9. The van der Waals surface area contributed by atoms with E-state index in [0.29, 0.717) is 32.4 Å². The van der Waals surface area contributed by atoms with Crippen molar-refractivity contribution in [1.82, 2.24) is 5.32 Å². The molecule has 1 aliphatic heterocycles. The lowest BCUT2D eigenvalue weighted by molar-refractivity contribution is -0.120. The number of carbonyl (C=O) groups excluding carboxylic acids is 1. The minimum Gasteiger partial charge on any atom is -0.494 e. The van der Waals surface area contributed by atoms with Gasteiger partial charge in [-0.1, -0.05) is 31.2 Å². The average molecular weight is 497 g/mol. The normalized spacial score (nSPS) is 17.3. The molecule has 1 amide bonds. The van der Waals surface area contributed by atoms with E-state index in [1.165, 1.54) is 0 Å². The molecule has 3 atom stereocenters. The summed E-state index contributed by atoms with van der Waals surface area (Å²) >= 11 is 0. The van der Waals surface area contributed by atoms with Gasteiger partial charge in [0.2, 0.25) is 5.91 Å². The van der Waals surface area contributed by atoms with Gasteiger partial charge in [-0.05, 0) is 80.6 Å². The fraction of sp³-hybridized carbons (Fsp3) is 0.483. The molecule has 7 nitrogen and oxygen atoms in total. The summed E-state index contributed by atoms with van der Waals surface area (Å²) in [5.74, 6) is 0.937. The number of nitrogens with zero attached hydrogens (tertiary/aromatic N) is 1. The topological polar surface area (TPSA) is 91.3 Å². The zero-order valence-electron chi connectivity index (χ0n) is 21.7. The molecule has 196 valence electrons. The van der Waals surface area contributed by atoms with E-state index in [1.54, 1.807) is 12.0 Å². The van der Waals surface area contributed by atoms with Crippen molar-refractivity contribution < 1.29 is 24.5 Å². The van der Waals surface area contributed by atoms with Gasteiger partial charge in [0.1, 0.15) is 5.75 Å². The molecule has 2 aromatic rings. The Hall–Kier alpha value is -2.71. The molecule has 0 radical (unpaired) electrons. The summed E-state index contributed by atoms with van der Waals surface area (Å²) in [6.45, 7) is 5.58. The molecular formula is C29H40N2O5. The Kier molecular flexibility index (Phi) is 10.9. The van der Waals surface area contributed by atoms with Crippen molar-refractivity contribution in [3.63, 3.8) is 0 Å². The van der Waals surface area contributed by atoms with Crippen molar-refractivity contribution in [2.24, 2.45) is 5.92 Å². The van der Waals surface area contributed by atoms with Crippen LogP contribution in [0.25, 0.3) is 0 Å². The third kappa shape index (κ3) is 6.95. The molecule has 0 fully saturated rings. The van der Waals surface area contributed by atoms with Gasteiger partial charge in [-0.3, -0.25) is 9.69 Å². The summed E-state index contributed by atoms with van der Waals surface area (Å²) in [5.41, 5.74) is 3.75. The van der Waals surface area contributed by atoms with Crippen molar-refractivity contribution in [2.75, 3.05) is 38.4 Å². The second-order valence-corrected chi connectivity index (χ2v) is 9.09. The van der Waals surface area contributed by atoms with Gasteiger partial charge in [0.25, 0.3) is 0 Å². The van der Waals surface area contributed by atoms with Gasteiger partial charge in [-0.15, -0.1) is 0 Å². The first-order chi connectivity index (χ1) is 17.5. The smallest absolute Gasteiger partial charge is 0.249 e. The second kappa shape index (κ2) is 14.1. The van der Waals surface area contributed by atoms with E-state index in [0.717, 1.165) is 34.7 Å². The van der Waals surface area contributed by atoms with Gasteiger partial charge in [0, 0.05) is 31.9 Å². The lowest BCUT2D eigenvalue weighted by Gasteiger charge is -2.35. The van der Waals surface area contributed by atoms with Crippen LogP contribution < -0.4 is 15.0 Å². The van der Waals surface area contributed by atoms with Crippen molar-refractivity contribution in [3.8, 4) is 5.75 Å². The Morgan fingerprint density at radius 2 is 1.92 bits per heavy atom. The largest absolute Gasteiger partial charge is 0.494 e. The Morgan fingerprint density at radius 1 is 1.14 bits per heavy atom. The van der Waals surface area contributed by atoms with E-state index in [2.05, 4.69) is 18.3 Å². The van der Waals surface area contributed by atoms with Crippen molar-refractivity contribution in [1.29, 1.82) is 0 Å². The fourth-order valence-corrected chi connectivity index (χ4v) is 4.67. The molecule has 2 aromatic carbocycles. The molecule has 0 saturated carbocycles. The third-order valence-electron chi connectivity index (χ3n) is 6.47. The molecule has 1 unspecified atom stereocenters. The van der Waals surface area contributed by atoms with Crippen LogP contribution in [0.1, 0.15) is 50.3 Å². The Balaban J connectivity index is 1.88. The highest BCUT2D eigenvalue weighted by molar-refractivity contribution is 6.06. The first kappa shape index (κ1) is 27.9. The molecule has 7 heteroatoms. The van der Waals surface area contributed by atoms with Gasteiger partial charge in [0.05, 0.1) is 24.4 Å². The van der Waals surface area contributed by atoms with Crippen LogP contribution in [0.15, 0.2) is 54.6 Å². The van der Waals surface area contributed by atoms with E-state index < -0.39 is 0 Å². The number of rotatable bonds is 14. The van der Waals surface area contributed by atoms with E-state index in [-0.39, 0.29) is 37.2 Å². The van der Waals surface area contributed by atoms with Crippen LogP contribution in [0.5, 0.6) is 5.75 Å². The Bertz CT molecular complexity index is 992. The molecule has 1 aliphatic rings. The number of nitrogens with one attached hydrogen (secondary N) is 1. The zero-order chi connectivity index (χ0) is 25.9. The van der Waals surface area contributed by atoms with Gasteiger partial charge in [-0.2, -0.15) is 0 Å². The number of amides is 1. The van der Waals surface area contributed by atoms with Crippen LogP contribution in [0.4, 0.5) is 11.4 Å². The second-order valence-electron chi connectivity index (χ2n) is 9.09. The highest BCUT2D eigenvalue weighted by Crippen LogP contribution is 2.37. The summed E-state index contributed by atoms with van der Waals surface area (Å²) in [4.78, 5) is 15.4. The van der Waals surface area contributed by atoms with Gasteiger partial charge >= 0.3 is 0 Å². The quantitative estimate of drug-likeness (QED) is 0.267. The zero-order valence-corrected chi connectivity index (χ0v) is 21.7. The lowest BCUT2D eigenvalue weighted by Crippen LogP contribution is -2.49. The molecular weight excluding hydrogens is 456 g/mol. The fourth-order valence-electron chi connectivity index (χ4n) is 4.67. The van der Waals surface area contributed by atoms with Crippen LogP contribution in [0, 0.1) is 5.92 Å². The number of aliphatic hydroxyl groups is 2. The predicted molar refractivity (Wildman–Crippen MR) is 143 cm³/mol. The van der Waals surface area contributed by atoms with E-state index in [4.69, 9.17) is 19.7 Å². The molecule has 3 N–H and O–H groups in total. The van der Waals surface area contributed by atoms with Crippen LogP contribution in [0.3, 0.4) is 0 Å². The van der Waals surface area contributed by atoms with Gasteiger partial charge in [0.15, 0.2) is 0 Å². The Labute approximate surface area is 214 Å². The summed E-state index contributed by atoms with van der Waals surface area (Å²) in [6.07, 6.45) is 6.63. The number of anilines is 2. The molecule has 36 heavy (non-hydrogen) atoms. The summed E-state index contributed by atoms with van der Waals surface area (Å²) in [7, 11) is 1.70. The highest BCUT2D eigenvalue weighted by atomic mass is 16.5. The minimum absolute atomic E-state index is 0.00649. The summed E-state index contributed by atoms with van der Waals surface area (Å²) in [5, 5.41) is 21.5. The molecule has 0 bridgehead atoms. The van der Waals surface area contributed by atoms with Crippen molar-refractivity contribution >= 4 is 17.3 Å². The lowest BCUT2D eigenvalue weighted by atomic mass is 9.94. The number of methoxy groups -OCH3 is 1. The maximum atomic E-state index is 13.6. The molecule has 1 heterocycles. The summed E-state index contributed by atoms with van der Waals surface area (Å²) < 4.78 is 11.5. The Morgan fingerprint density at radius 3 is 2.58 bits per heavy atom. The third-order valence-corrected chi connectivity index (χ3v) is 6.47. The maximum absolute atomic E-state index is 13.6. The number of hydrogen-bond acceptors (Lipinski definition) is 6. The van der Waals surface area contributed by atoms with Crippen molar-refractivity contribution in [3.05, 3.63) is 65.7 Å². The highest BCUT2D eigenvalue weighted by Gasteiger charge is 2.34. The number of aliphatic hydroxyl groups excluding tert-OH is 2. The number of ether oxygens (including phenoxy) is 2. The van der Waals surface area contributed by atoms with E-state index in [1.807, 2.05) is 55.5 Å². The van der Waals surface area contributed by atoms with Crippen LogP contribution in [0.2, 0.25) is 0 Å². The number of benzene rings is 2. The average Bonchev–Trinajstić information content (AvgIpc) is 2.88. The predicted octanol–water partition coefficient (Wildman–Crippen LogP) is 4.30. The van der Waals surface area contributed by atoms with Gasteiger partial charge in [-0.25, -0.2) is 0 Å². The number of fused-ring (bicyclic) bond motifs is 1. The van der Waals surface area contributed by atoms with Crippen LogP contribution in [-0.2, 0) is 16.0 Å². The first-order valence-electron chi connectivity index (χ1n) is 12.9. The molecule has 0 aliphatic carbocycles. The van der Waals surface area contributed by atoms with E-state index in [9.17, 15) is 4.79 Å².